The molecule has 31 heavy (non-hydrogen) atoms. The third kappa shape index (κ3) is 5.40. The first kappa shape index (κ1) is 24.0. The van der Waals surface area contributed by atoms with E-state index in [1.165, 1.54) is 12.5 Å². The molecule has 6 heteroatoms. The van der Waals surface area contributed by atoms with E-state index in [9.17, 15) is 9.59 Å². The van der Waals surface area contributed by atoms with Gasteiger partial charge in [-0.15, -0.1) is 0 Å². The molecule has 3 rings (SSSR count). The Morgan fingerprint density at radius 3 is 2.68 bits per heavy atom. The van der Waals surface area contributed by atoms with Gasteiger partial charge in [-0.3, -0.25) is 4.79 Å². The van der Waals surface area contributed by atoms with Gasteiger partial charge in [0.15, 0.2) is 5.79 Å². The van der Waals surface area contributed by atoms with Crippen LogP contribution in [0.4, 0.5) is 0 Å². The van der Waals surface area contributed by atoms with E-state index >= 15 is 0 Å². The Bertz CT molecular complexity index is 753. The van der Waals surface area contributed by atoms with Crippen LogP contribution in [0, 0.1) is 11.8 Å². The van der Waals surface area contributed by atoms with Gasteiger partial charge in [0.2, 0.25) is 0 Å². The molecule has 6 atom stereocenters. The van der Waals surface area contributed by atoms with Crippen molar-refractivity contribution in [2.24, 2.45) is 11.8 Å². The third-order valence-electron chi connectivity index (χ3n) is 6.95. The summed E-state index contributed by atoms with van der Waals surface area (Å²) < 4.78 is 24.2. The number of allylic oxidation sites excluding steroid dienone is 2. The number of esters is 2. The quantitative estimate of drug-likeness (QED) is 0.333. The fourth-order valence-electron chi connectivity index (χ4n) is 5.34. The summed E-state index contributed by atoms with van der Waals surface area (Å²) in [6.45, 7) is 15.6. The second-order valence-electron chi connectivity index (χ2n) is 10.2. The van der Waals surface area contributed by atoms with Crippen molar-refractivity contribution in [1.29, 1.82) is 0 Å². The van der Waals surface area contributed by atoms with Gasteiger partial charge in [-0.2, -0.15) is 0 Å². The fourth-order valence-corrected chi connectivity index (χ4v) is 5.34. The molecule has 0 aromatic carbocycles. The molecule has 0 aromatic heterocycles. The summed E-state index contributed by atoms with van der Waals surface area (Å²) in [6, 6.07) is 0. The van der Waals surface area contributed by atoms with Crippen LogP contribution in [0.5, 0.6) is 0 Å². The molecule has 2 aliphatic heterocycles. The highest BCUT2D eigenvalue weighted by atomic mass is 16.8. The van der Waals surface area contributed by atoms with Gasteiger partial charge < -0.3 is 18.9 Å². The van der Waals surface area contributed by atoms with E-state index in [0.717, 1.165) is 32.1 Å². The lowest BCUT2D eigenvalue weighted by Gasteiger charge is -2.34. The Kier molecular flexibility index (Phi) is 7.02. The topological polar surface area (TPSA) is 71.1 Å². The monoisotopic (exact) mass is 434 g/mol. The van der Waals surface area contributed by atoms with E-state index in [2.05, 4.69) is 33.4 Å². The molecule has 3 aliphatic rings. The van der Waals surface area contributed by atoms with Crippen LogP contribution in [-0.2, 0) is 28.5 Å². The zero-order chi connectivity index (χ0) is 23.0. The minimum atomic E-state index is -0.713. The Balaban J connectivity index is 1.98. The maximum absolute atomic E-state index is 12.5. The molecule has 0 amide bonds. The van der Waals surface area contributed by atoms with Crippen LogP contribution in [-0.4, -0.2) is 41.6 Å². The van der Waals surface area contributed by atoms with Gasteiger partial charge in [-0.1, -0.05) is 25.2 Å². The van der Waals surface area contributed by atoms with Crippen LogP contribution in [0.15, 0.2) is 23.8 Å². The second-order valence-corrected chi connectivity index (χ2v) is 10.2. The molecule has 0 unspecified atom stereocenters. The van der Waals surface area contributed by atoms with Crippen molar-refractivity contribution < 1.29 is 28.5 Å². The second kappa shape index (κ2) is 9.07. The molecular weight excluding hydrogens is 396 g/mol. The Hall–Kier alpha value is -1.66. The van der Waals surface area contributed by atoms with E-state index in [-0.39, 0.29) is 23.9 Å². The van der Waals surface area contributed by atoms with Crippen molar-refractivity contribution in [2.75, 3.05) is 0 Å². The summed E-state index contributed by atoms with van der Waals surface area (Å²) in [6.07, 6.45) is 6.10. The van der Waals surface area contributed by atoms with Crippen molar-refractivity contribution in [3.8, 4) is 0 Å². The van der Waals surface area contributed by atoms with E-state index in [1.807, 2.05) is 13.8 Å². The Morgan fingerprint density at radius 2 is 2.00 bits per heavy atom. The van der Waals surface area contributed by atoms with Crippen LogP contribution < -0.4 is 0 Å². The fraction of sp³-hybridized carbons (Fsp3) is 0.760. The number of carbonyl (C=O) groups excluding carboxylic acids is 2. The van der Waals surface area contributed by atoms with Crippen LogP contribution >= 0.6 is 0 Å². The summed E-state index contributed by atoms with van der Waals surface area (Å²) in [7, 11) is 0. The minimum absolute atomic E-state index is 0.0504. The highest BCUT2D eigenvalue weighted by Crippen LogP contribution is 2.46. The number of ether oxygens (including phenoxy) is 4. The molecule has 6 nitrogen and oxygen atoms in total. The zero-order valence-corrected chi connectivity index (χ0v) is 19.9. The van der Waals surface area contributed by atoms with Gasteiger partial charge in [-0.25, -0.2) is 4.79 Å². The molecule has 0 aromatic rings. The van der Waals surface area contributed by atoms with E-state index in [4.69, 9.17) is 18.9 Å². The van der Waals surface area contributed by atoms with Crippen LogP contribution in [0.2, 0.25) is 0 Å². The minimum Gasteiger partial charge on any atom is -0.458 e. The molecule has 0 bridgehead atoms. The molecule has 2 saturated heterocycles. The standard InChI is InChI=1S/C25H38O6/c1-15-10-8-12-16(2)21(28-18(4)26)22-19(17(3)23(27)29-22)14-20-25(7,13-9-11-15)31-24(5,6)30-20/h11,16,19-22H,3,8-10,12-14H2,1-2,4-7H3/b15-11+/t16-,19-,20+,21+,22+,25-/m0/s1. The zero-order valence-electron chi connectivity index (χ0n) is 19.9. The van der Waals surface area contributed by atoms with Gasteiger partial charge in [0.1, 0.15) is 12.2 Å². The van der Waals surface area contributed by atoms with Crippen molar-refractivity contribution >= 4 is 11.9 Å². The van der Waals surface area contributed by atoms with Crippen LogP contribution in [0.1, 0.15) is 80.1 Å². The molecule has 1 aliphatic carbocycles. The first-order valence-corrected chi connectivity index (χ1v) is 11.5. The highest BCUT2D eigenvalue weighted by molar-refractivity contribution is 5.91. The van der Waals surface area contributed by atoms with Gasteiger partial charge in [-0.05, 0) is 72.1 Å². The number of hydrogen-bond donors (Lipinski definition) is 0. The SMILES string of the molecule is C=C1C(=O)O[C@H]2[C@H](OC(C)=O)[C@@H](C)CCC/C(C)=C/CC[C@]3(C)OC(C)(C)O[C@@H]3C[C@@H]12. The first-order chi connectivity index (χ1) is 14.4. The molecule has 2 fully saturated rings. The van der Waals surface area contributed by atoms with Gasteiger partial charge in [0.25, 0.3) is 0 Å². The van der Waals surface area contributed by atoms with Crippen molar-refractivity contribution in [3.05, 3.63) is 23.8 Å². The van der Waals surface area contributed by atoms with Crippen molar-refractivity contribution in [3.63, 3.8) is 0 Å². The predicted octanol–water partition coefficient (Wildman–Crippen LogP) is 4.86. The van der Waals surface area contributed by atoms with Gasteiger partial charge >= 0.3 is 11.9 Å². The molecule has 0 N–H and O–H groups in total. The largest absolute Gasteiger partial charge is 0.458 e. The molecule has 2 heterocycles. The third-order valence-corrected chi connectivity index (χ3v) is 6.95. The van der Waals surface area contributed by atoms with Gasteiger partial charge in [0.05, 0.1) is 11.7 Å². The average molecular weight is 435 g/mol. The van der Waals surface area contributed by atoms with Crippen molar-refractivity contribution in [2.45, 2.75) is 110 Å². The molecular formula is C25H38O6. The van der Waals surface area contributed by atoms with Crippen molar-refractivity contribution in [1.82, 2.24) is 0 Å². The number of rotatable bonds is 1. The normalized spacial score (nSPS) is 40.7. The summed E-state index contributed by atoms with van der Waals surface area (Å²) in [5.74, 6) is -1.74. The number of carbonyl (C=O) groups is 2. The average Bonchev–Trinajstić information content (AvgIpc) is 3.05. The number of fused-ring (bicyclic) bond motifs is 2. The summed E-state index contributed by atoms with van der Waals surface area (Å²) in [5, 5.41) is 0. The van der Waals surface area contributed by atoms with Crippen LogP contribution in [0.25, 0.3) is 0 Å². The lowest BCUT2D eigenvalue weighted by Crippen LogP contribution is -2.44. The lowest BCUT2D eigenvalue weighted by atomic mass is 9.79. The molecule has 174 valence electrons. The van der Waals surface area contributed by atoms with E-state index in [0.29, 0.717) is 12.0 Å². The molecule has 0 spiro atoms. The lowest BCUT2D eigenvalue weighted by molar-refractivity contribution is -0.167. The molecule has 0 saturated carbocycles. The van der Waals surface area contributed by atoms with Gasteiger partial charge in [0, 0.05) is 18.4 Å². The molecule has 0 radical (unpaired) electrons. The summed E-state index contributed by atoms with van der Waals surface area (Å²) in [4.78, 5) is 24.4. The highest BCUT2D eigenvalue weighted by Gasteiger charge is 2.54. The van der Waals surface area contributed by atoms with Crippen LogP contribution in [0.3, 0.4) is 0 Å². The maximum atomic E-state index is 12.5. The van der Waals surface area contributed by atoms with E-state index in [1.54, 1.807) is 0 Å². The Morgan fingerprint density at radius 1 is 1.29 bits per heavy atom. The first-order valence-electron chi connectivity index (χ1n) is 11.5. The maximum Gasteiger partial charge on any atom is 0.334 e. The summed E-state index contributed by atoms with van der Waals surface area (Å²) in [5.41, 5.74) is 1.28. The smallest absolute Gasteiger partial charge is 0.334 e. The van der Waals surface area contributed by atoms with E-state index < -0.39 is 29.6 Å². The summed E-state index contributed by atoms with van der Waals surface area (Å²) >= 11 is 0. The number of hydrogen-bond acceptors (Lipinski definition) is 6. The predicted molar refractivity (Wildman–Crippen MR) is 117 cm³/mol. The Labute approximate surface area is 186 Å².